The van der Waals surface area contributed by atoms with Crippen molar-refractivity contribution in [1.82, 2.24) is 9.47 Å². The third-order valence-electron chi connectivity index (χ3n) is 5.82. The van der Waals surface area contributed by atoms with Gasteiger partial charge < -0.3 is 18.9 Å². The third kappa shape index (κ3) is 3.48. The molecule has 0 atom stereocenters. The maximum absolute atomic E-state index is 13.4. The van der Waals surface area contributed by atoms with E-state index >= 15 is 0 Å². The fourth-order valence-electron chi connectivity index (χ4n) is 4.39. The number of hydrogen-bond acceptors (Lipinski definition) is 3. The summed E-state index contributed by atoms with van der Waals surface area (Å²) < 4.78 is 13.1. The molecule has 2 aliphatic rings. The van der Waals surface area contributed by atoms with Gasteiger partial charge in [0.2, 0.25) is 0 Å². The van der Waals surface area contributed by atoms with Crippen LogP contribution in [0.2, 0.25) is 0 Å². The lowest BCUT2D eigenvalue weighted by molar-refractivity contribution is 0.0295. The lowest BCUT2D eigenvalue weighted by atomic mass is 9.95. The van der Waals surface area contributed by atoms with Crippen LogP contribution in [0.25, 0.3) is 0 Å². The smallest absolute Gasteiger partial charge is 0.270 e. The summed E-state index contributed by atoms with van der Waals surface area (Å²) in [7, 11) is 1.69. The Morgan fingerprint density at radius 3 is 2.74 bits per heavy atom. The van der Waals surface area contributed by atoms with Crippen molar-refractivity contribution in [3.05, 3.63) is 52.3 Å². The van der Waals surface area contributed by atoms with E-state index in [-0.39, 0.29) is 5.91 Å². The standard InChI is InChI=1S/C22H28N2O3/c1-16-19-8-3-4-9-20(19)24(15-17-6-5-7-18(14-17)26-2)21(16)22(25)23-10-12-27-13-11-23/h5-7,14H,3-4,8-13,15H2,1-2H3. The van der Waals surface area contributed by atoms with Crippen LogP contribution in [0.15, 0.2) is 24.3 Å². The van der Waals surface area contributed by atoms with Gasteiger partial charge in [-0.25, -0.2) is 0 Å². The summed E-state index contributed by atoms with van der Waals surface area (Å²) in [6, 6.07) is 8.14. The largest absolute Gasteiger partial charge is 0.497 e. The highest BCUT2D eigenvalue weighted by Gasteiger charge is 2.29. The van der Waals surface area contributed by atoms with E-state index in [9.17, 15) is 4.79 Å². The van der Waals surface area contributed by atoms with Crippen LogP contribution in [0.1, 0.15) is 45.7 Å². The molecule has 1 aromatic carbocycles. The molecule has 5 nitrogen and oxygen atoms in total. The molecule has 27 heavy (non-hydrogen) atoms. The Morgan fingerprint density at radius 2 is 1.96 bits per heavy atom. The van der Waals surface area contributed by atoms with Crippen molar-refractivity contribution < 1.29 is 14.3 Å². The monoisotopic (exact) mass is 368 g/mol. The molecule has 1 aliphatic heterocycles. The first-order valence-corrected chi connectivity index (χ1v) is 9.90. The zero-order valence-electron chi connectivity index (χ0n) is 16.3. The number of hydrogen-bond donors (Lipinski definition) is 0. The molecule has 0 radical (unpaired) electrons. The fraction of sp³-hybridized carbons (Fsp3) is 0.500. The number of ether oxygens (including phenoxy) is 2. The first-order chi connectivity index (χ1) is 13.2. The SMILES string of the molecule is COc1cccc(Cn2c3c(c(C)c2C(=O)N2CCOCC2)CCCC3)c1. The molecule has 1 aliphatic carbocycles. The lowest BCUT2D eigenvalue weighted by Crippen LogP contribution is -2.41. The zero-order valence-corrected chi connectivity index (χ0v) is 16.3. The molecule has 0 N–H and O–H groups in total. The molecule has 2 heterocycles. The average molecular weight is 368 g/mol. The number of amides is 1. The Labute approximate surface area is 160 Å². The van der Waals surface area contributed by atoms with Crippen molar-refractivity contribution in [2.75, 3.05) is 33.4 Å². The first-order valence-electron chi connectivity index (χ1n) is 9.90. The molecule has 0 spiro atoms. The molecule has 1 amide bonds. The highest BCUT2D eigenvalue weighted by Crippen LogP contribution is 2.31. The molecule has 4 rings (SSSR count). The number of benzene rings is 1. The highest BCUT2D eigenvalue weighted by atomic mass is 16.5. The third-order valence-corrected chi connectivity index (χ3v) is 5.82. The Hall–Kier alpha value is -2.27. The number of fused-ring (bicyclic) bond motifs is 1. The van der Waals surface area contributed by atoms with Crippen molar-refractivity contribution in [2.45, 2.75) is 39.2 Å². The second-order valence-corrected chi connectivity index (χ2v) is 7.45. The van der Waals surface area contributed by atoms with Crippen LogP contribution < -0.4 is 4.74 Å². The summed E-state index contributed by atoms with van der Waals surface area (Å²) in [5.74, 6) is 0.999. The van der Waals surface area contributed by atoms with E-state index in [0.717, 1.165) is 29.8 Å². The van der Waals surface area contributed by atoms with Crippen molar-refractivity contribution in [2.24, 2.45) is 0 Å². The van der Waals surface area contributed by atoms with E-state index in [1.54, 1.807) is 7.11 Å². The minimum atomic E-state index is 0.146. The summed E-state index contributed by atoms with van der Waals surface area (Å²) in [6.45, 7) is 5.43. The van der Waals surface area contributed by atoms with Crippen LogP contribution >= 0.6 is 0 Å². The van der Waals surface area contributed by atoms with E-state index in [2.05, 4.69) is 23.6 Å². The quantitative estimate of drug-likeness (QED) is 0.832. The van der Waals surface area contributed by atoms with E-state index in [1.165, 1.54) is 29.7 Å². The van der Waals surface area contributed by atoms with Crippen LogP contribution in [0.4, 0.5) is 0 Å². The summed E-state index contributed by atoms with van der Waals surface area (Å²) in [6.07, 6.45) is 4.54. The van der Waals surface area contributed by atoms with Gasteiger partial charge in [0.15, 0.2) is 0 Å². The Balaban J connectivity index is 1.75. The van der Waals surface area contributed by atoms with Crippen molar-refractivity contribution >= 4 is 5.91 Å². The number of rotatable bonds is 4. The zero-order chi connectivity index (χ0) is 18.8. The minimum Gasteiger partial charge on any atom is -0.497 e. The van der Waals surface area contributed by atoms with Gasteiger partial charge in [-0.2, -0.15) is 0 Å². The minimum absolute atomic E-state index is 0.146. The maximum Gasteiger partial charge on any atom is 0.270 e. The van der Waals surface area contributed by atoms with Gasteiger partial charge in [0.25, 0.3) is 5.91 Å². The second-order valence-electron chi connectivity index (χ2n) is 7.45. The van der Waals surface area contributed by atoms with E-state index in [4.69, 9.17) is 9.47 Å². The van der Waals surface area contributed by atoms with Crippen LogP contribution in [0.5, 0.6) is 5.75 Å². The van der Waals surface area contributed by atoms with Crippen molar-refractivity contribution in [1.29, 1.82) is 0 Å². The molecular formula is C22H28N2O3. The van der Waals surface area contributed by atoms with E-state index in [0.29, 0.717) is 32.8 Å². The van der Waals surface area contributed by atoms with Crippen LogP contribution in [0.3, 0.4) is 0 Å². The molecule has 1 saturated heterocycles. The molecule has 5 heteroatoms. The second kappa shape index (κ2) is 7.77. The molecule has 0 bridgehead atoms. The number of carbonyl (C=O) groups excluding carboxylic acids is 1. The van der Waals surface area contributed by atoms with Crippen molar-refractivity contribution in [3.8, 4) is 5.75 Å². The number of methoxy groups -OCH3 is 1. The fourth-order valence-corrected chi connectivity index (χ4v) is 4.39. The van der Waals surface area contributed by atoms with Crippen LogP contribution in [0, 0.1) is 6.92 Å². The summed E-state index contributed by atoms with van der Waals surface area (Å²) in [5, 5.41) is 0. The number of morpholine rings is 1. The molecule has 0 saturated carbocycles. The predicted molar refractivity (Wildman–Crippen MR) is 105 cm³/mol. The molecule has 1 aromatic heterocycles. The summed E-state index contributed by atoms with van der Waals surface area (Å²) in [5.41, 5.74) is 5.93. The summed E-state index contributed by atoms with van der Waals surface area (Å²) in [4.78, 5) is 15.3. The Morgan fingerprint density at radius 1 is 1.19 bits per heavy atom. The van der Waals surface area contributed by atoms with Gasteiger partial charge in [-0.3, -0.25) is 4.79 Å². The van der Waals surface area contributed by atoms with Gasteiger partial charge in [-0.15, -0.1) is 0 Å². The Kier molecular flexibility index (Phi) is 5.21. The molecule has 1 fully saturated rings. The molecule has 2 aromatic rings. The topological polar surface area (TPSA) is 43.7 Å². The van der Waals surface area contributed by atoms with E-state index < -0.39 is 0 Å². The van der Waals surface area contributed by atoms with Crippen LogP contribution in [-0.4, -0.2) is 48.8 Å². The normalized spacial score (nSPS) is 16.9. The Bertz CT molecular complexity index is 834. The first kappa shape index (κ1) is 18.1. The number of carbonyl (C=O) groups is 1. The predicted octanol–water partition coefficient (Wildman–Crippen LogP) is 3.20. The highest BCUT2D eigenvalue weighted by molar-refractivity contribution is 5.95. The van der Waals surface area contributed by atoms with E-state index in [1.807, 2.05) is 17.0 Å². The van der Waals surface area contributed by atoms with Gasteiger partial charge >= 0.3 is 0 Å². The van der Waals surface area contributed by atoms with Crippen LogP contribution in [-0.2, 0) is 24.1 Å². The van der Waals surface area contributed by atoms with Crippen molar-refractivity contribution in [3.63, 3.8) is 0 Å². The number of aromatic nitrogens is 1. The van der Waals surface area contributed by atoms with Gasteiger partial charge in [0.1, 0.15) is 11.4 Å². The molecular weight excluding hydrogens is 340 g/mol. The average Bonchev–Trinajstić information content (AvgIpc) is 3.00. The van der Waals surface area contributed by atoms with Gasteiger partial charge in [-0.05, 0) is 61.4 Å². The lowest BCUT2D eigenvalue weighted by Gasteiger charge is -2.28. The van der Waals surface area contributed by atoms with Gasteiger partial charge in [0, 0.05) is 25.3 Å². The molecule has 0 unspecified atom stereocenters. The van der Waals surface area contributed by atoms with Gasteiger partial charge in [-0.1, -0.05) is 12.1 Å². The van der Waals surface area contributed by atoms with Gasteiger partial charge in [0.05, 0.1) is 20.3 Å². The molecule has 144 valence electrons. The maximum atomic E-state index is 13.4. The number of nitrogens with zero attached hydrogens (tertiary/aromatic N) is 2. The summed E-state index contributed by atoms with van der Waals surface area (Å²) >= 11 is 0.